The van der Waals surface area contributed by atoms with Gasteiger partial charge in [-0.25, -0.2) is 4.90 Å². The van der Waals surface area contributed by atoms with Crippen LogP contribution in [0.15, 0.2) is 52.3 Å². The van der Waals surface area contributed by atoms with Crippen LogP contribution in [0.4, 0.5) is 18.9 Å². The van der Waals surface area contributed by atoms with Gasteiger partial charge >= 0.3 is 11.0 Å². The first-order valence-electron chi connectivity index (χ1n) is 13.6. The summed E-state index contributed by atoms with van der Waals surface area (Å²) in [6.45, 7) is 1.25. The monoisotopic (exact) mass is 649 g/mol. The van der Waals surface area contributed by atoms with Crippen molar-refractivity contribution in [1.29, 1.82) is 0 Å². The lowest BCUT2D eigenvalue weighted by molar-refractivity contribution is -0.138. The summed E-state index contributed by atoms with van der Waals surface area (Å²) in [5.74, 6) is -2.79. The number of benzene rings is 2. The first kappa shape index (κ1) is 30.2. The van der Waals surface area contributed by atoms with E-state index in [4.69, 9.17) is 14.2 Å². The summed E-state index contributed by atoms with van der Waals surface area (Å²) in [5, 5.41) is -0.698. The van der Waals surface area contributed by atoms with E-state index < -0.39 is 45.5 Å². The lowest BCUT2D eigenvalue weighted by atomic mass is 9.83. The molecule has 3 aliphatic heterocycles. The Labute approximate surface area is 257 Å². The fourth-order valence-electron chi connectivity index (χ4n) is 5.78. The van der Waals surface area contributed by atoms with Crippen LogP contribution < -0.4 is 19.2 Å². The topological polar surface area (TPSA) is 107 Å². The van der Waals surface area contributed by atoms with E-state index in [1.54, 1.807) is 23.1 Å². The Bertz CT molecular complexity index is 1700. The lowest BCUT2D eigenvalue weighted by Gasteiger charge is -2.31. The van der Waals surface area contributed by atoms with E-state index in [-0.39, 0.29) is 18.1 Å². The van der Waals surface area contributed by atoms with E-state index in [2.05, 4.69) is 0 Å². The maximum Gasteiger partial charge on any atom is 0.416 e. The number of morpholine rings is 1. The number of methoxy groups -OCH3 is 2. The number of thioether (sulfide) groups is 1. The van der Waals surface area contributed by atoms with Gasteiger partial charge in [-0.3, -0.25) is 23.7 Å². The van der Waals surface area contributed by atoms with Gasteiger partial charge in [0.05, 0.1) is 49.6 Å². The molecule has 0 bridgehead atoms. The van der Waals surface area contributed by atoms with Gasteiger partial charge < -0.3 is 19.1 Å². The van der Waals surface area contributed by atoms with Crippen molar-refractivity contribution in [2.24, 2.45) is 5.92 Å². The molecule has 2 saturated heterocycles. The molecular formula is C29H26F3N3O7S2. The molecule has 0 aliphatic carbocycles. The molecule has 6 rings (SSSR count). The van der Waals surface area contributed by atoms with Crippen LogP contribution >= 0.6 is 23.1 Å². The summed E-state index contributed by atoms with van der Waals surface area (Å²) in [5.41, 5.74) is -0.651. The van der Waals surface area contributed by atoms with Crippen molar-refractivity contribution in [3.8, 4) is 11.5 Å². The number of thiazole rings is 1. The zero-order chi connectivity index (χ0) is 31.3. The molecular weight excluding hydrogens is 623 g/mol. The van der Waals surface area contributed by atoms with Crippen LogP contribution in [-0.2, 0) is 31.8 Å². The number of nitrogens with zero attached hydrogens (tertiary/aromatic N) is 3. The molecule has 10 nitrogen and oxygen atoms in total. The summed E-state index contributed by atoms with van der Waals surface area (Å²) < 4.78 is 58.1. The van der Waals surface area contributed by atoms with Crippen molar-refractivity contribution in [2.75, 3.05) is 45.4 Å². The largest absolute Gasteiger partial charge is 0.493 e. The first-order chi connectivity index (χ1) is 21.0. The Kier molecular flexibility index (Phi) is 7.96. The van der Waals surface area contributed by atoms with Crippen molar-refractivity contribution < 1.29 is 41.8 Å². The predicted molar refractivity (Wildman–Crippen MR) is 154 cm³/mol. The number of amides is 3. The van der Waals surface area contributed by atoms with Crippen LogP contribution in [-0.4, -0.2) is 73.0 Å². The lowest BCUT2D eigenvalue weighted by Crippen LogP contribution is -2.43. The molecule has 0 saturated carbocycles. The summed E-state index contributed by atoms with van der Waals surface area (Å²) >= 11 is 1.86. The predicted octanol–water partition coefficient (Wildman–Crippen LogP) is 3.60. The molecule has 44 heavy (non-hydrogen) atoms. The molecule has 3 aromatic rings. The third-order valence-electron chi connectivity index (χ3n) is 7.90. The highest BCUT2D eigenvalue weighted by atomic mass is 32.2. The van der Waals surface area contributed by atoms with Crippen molar-refractivity contribution >= 4 is 46.5 Å². The number of halogens is 3. The molecule has 1 aromatic heterocycles. The van der Waals surface area contributed by atoms with E-state index in [0.717, 1.165) is 46.2 Å². The van der Waals surface area contributed by atoms with Gasteiger partial charge in [0.1, 0.15) is 11.8 Å². The van der Waals surface area contributed by atoms with Crippen LogP contribution in [0.1, 0.15) is 21.9 Å². The molecule has 2 fully saturated rings. The Morgan fingerprint density at radius 3 is 2.41 bits per heavy atom. The van der Waals surface area contributed by atoms with E-state index in [9.17, 15) is 32.3 Å². The molecule has 4 heterocycles. The van der Waals surface area contributed by atoms with Crippen molar-refractivity contribution in [2.45, 2.75) is 28.9 Å². The highest BCUT2D eigenvalue weighted by molar-refractivity contribution is 8.00. The van der Waals surface area contributed by atoms with Gasteiger partial charge in [0.2, 0.25) is 17.7 Å². The fraction of sp³-hybridized carbons (Fsp3) is 0.379. The third-order valence-corrected chi connectivity index (χ3v) is 10.5. The standard InChI is InChI=1S/C29H26F3N3O7S2/c1-40-18-7-6-15(12-19(18)41-2)21-22-23(26(38)35(25(22)37)17-5-3-4-16(13-17)29(30,31)32)43-27-24(21)44-28(39)34(27)14-20(36)33-8-10-42-11-9-33/h3-7,12-13,21-23H,8-11,14H2,1-2H3. The minimum absolute atomic E-state index is 0.195. The third kappa shape index (κ3) is 5.16. The van der Waals surface area contributed by atoms with Gasteiger partial charge in [-0.15, -0.1) is 0 Å². The van der Waals surface area contributed by atoms with Crippen molar-refractivity contribution in [3.63, 3.8) is 0 Å². The summed E-state index contributed by atoms with van der Waals surface area (Å²) in [7, 11) is 2.91. The minimum Gasteiger partial charge on any atom is -0.493 e. The van der Waals surface area contributed by atoms with Crippen LogP contribution in [0.2, 0.25) is 0 Å². The number of alkyl halides is 3. The highest BCUT2D eigenvalue weighted by Crippen LogP contribution is 2.54. The van der Waals surface area contributed by atoms with Crippen molar-refractivity contribution in [3.05, 3.63) is 68.1 Å². The second kappa shape index (κ2) is 11.6. The number of ether oxygens (including phenoxy) is 3. The number of aromatic nitrogens is 1. The maximum absolute atomic E-state index is 14.1. The number of rotatable bonds is 6. The molecule has 3 amide bonds. The second-order valence-electron chi connectivity index (χ2n) is 10.3. The second-order valence-corrected chi connectivity index (χ2v) is 12.5. The number of anilines is 1. The van der Waals surface area contributed by atoms with Gasteiger partial charge in [0, 0.05) is 23.9 Å². The van der Waals surface area contributed by atoms with Gasteiger partial charge in [-0.2, -0.15) is 13.2 Å². The average molecular weight is 650 g/mol. The van der Waals surface area contributed by atoms with Gasteiger partial charge in [0.25, 0.3) is 0 Å². The van der Waals surface area contributed by atoms with Crippen LogP contribution in [0.5, 0.6) is 11.5 Å². The number of fused-ring (bicyclic) bond motifs is 2. The zero-order valence-corrected chi connectivity index (χ0v) is 25.1. The smallest absolute Gasteiger partial charge is 0.416 e. The molecule has 0 radical (unpaired) electrons. The number of hydrogen-bond acceptors (Lipinski definition) is 9. The Morgan fingerprint density at radius 2 is 1.73 bits per heavy atom. The normalized spacial score (nSPS) is 21.7. The SMILES string of the molecule is COc1ccc(C2c3sc(=O)n(CC(=O)N4CCOCC4)c3SC3C(=O)N(c4cccc(C(F)(F)F)c4)C(=O)C32)cc1OC. The molecule has 3 aliphatic rings. The van der Waals surface area contributed by atoms with Crippen LogP contribution in [0, 0.1) is 5.92 Å². The zero-order valence-electron chi connectivity index (χ0n) is 23.5. The van der Waals surface area contributed by atoms with E-state index >= 15 is 0 Å². The highest BCUT2D eigenvalue weighted by Gasteiger charge is 2.57. The van der Waals surface area contributed by atoms with E-state index in [1.807, 2.05) is 0 Å². The van der Waals surface area contributed by atoms with Crippen LogP contribution in [0.3, 0.4) is 0 Å². The number of imide groups is 1. The Morgan fingerprint density at radius 1 is 1.00 bits per heavy atom. The summed E-state index contributed by atoms with van der Waals surface area (Å²) in [6.07, 6.45) is -4.68. The molecule has 2 aromatic carbocycles. The average Bonchev–Trinajstić information content (AvgIpc) is 3.46. The molecule has 0 N–H and O–H groups in total. The molecule has 0 spiro atoms. The summed E-state index contributed by atoms with van der Waals surface area (Å²) in [4.78, 5) is 56.9. The fourth-order valence-corrected chi connectivity index (χ4v) is 8.56. The van der Waals surface area contributed by atoms with Crippen molar-refractivity contribution in [1.82, 2.24) is 9.47 Å². The molecule has 3 atom stereocenters. The maximum atomic E-state index is 14.1. The number of carbonyl (C=O) groups excluding carboxylic acids is 3. The number of hydrogen-bond donors (Lipinski definition) is 0. The van der Waals surface area contributed by atoms with Crippen LogP contribution in [0.25, 0.3) is 0 Å². The number of carbonyl (C=O) groups is 3. The summed E-state index contributed by atoms with van der Waals surface area (Å²) in [6, 6.07) is 9.05. The molecule has 3 unspecified atom stereocenters. The Hall–Kier alpha value is -3.82. The van der Waals surface area contributed by atoms with Gasteiger partial charge in [-0.05, 0) is 35.9 Å². The quantitative estimate of drug-likeness (QED) is 0.373. The molecule has 15 heteroatoms. The first-order valence-corrected chi connectivity index (χ1v) is 15.3. The minimum atomic E-state index is -4.68. The van der Waals surface area contributed by atoms with Gasteiger partial charge in [-0.1, -0.05) is 35.2 Å². The Balaban J connectivity index is 1.46. The van der Waals surface area contributed by atoms with E-state index in [1.165, 1.54) is 24.9 Å². The molecule has 232 valence electrons. The van der Waals surface area contributed by atoms with E-state index in [0.29, 0.717) is 53.3 Å². The van der Waals surface area contributed by atoms with Gasteiger partial charge in [0.15, 0.2) is 11.5 Å².